The van der Waals surface area contributed by atoms with Gasteiger partial charge in [-0.05, 0) is 30.2 Å². The molecular formula is C19H20O6. The number of ether oxygens (including phenoxy) is 5. The Kier molecular flexibility index (Phi) is 4.88. The van der Waals surface area contributed by atoms with Gasteiger partial charge in [0, 0.05) is 5.56 Å². The fourth-order valence-corrected chi connectivity index (χ4v) is 2.74. The molecule has 0 aromatic heterocycles. The molecule has 25 heavy (non-hydrogen) atoms. The molecule has 132 valence electrons. The summed E-state index contributed by atoms with van der Waals surface area (Å²) in [6, 6.07) is 7.18. The predicted octanol–water partition coefficient (Wildman–Crippen LogP) is 3.40. The number of allylic oxidation sites excluding steroid dienone is 1. The van der Waals surface area contributed by atoms with Gasteiger partial charge in [0.2, 0.25) is 18.3 Å². The Bertz CT molecular complexity index is 797. The lowest BCUT2D eigenvalue weighted by molar-refractivity contribution is 0.171. The molecule has 0 atom stereocenters. The largest absolute Gasteiger partial charge is 0.504 e. The number of hydrogen-bond donors (Lipinski definition) is 1. The van der Waals surface area contributed by atoms with Gasteiger partial charge in [0.05, 0.1) is 21.3 Å². The third kappa shape index (κ3) is 3.28. The topological polar surface area (TPSA) is 66.4 Å². The number of methoxy groups -OCH3 is 3. The first-order valence-corrected chi connectivity index (χ1v) is 7.75. The minimum atomic E-state index is 0.0487. The molecular weight excluding hydrogens is 324 g/mol. The minimum absolute atomic E-state index is 0.0487. The van der Waals surface area contributed by atoms with Gasteiger partial charge in [0.25, 0.3) is 0 Å². The van der Waals surface area contributed by atoms with Crippen LogP contribution >= 0.6 is 0 Å². The molecule has 2 aromatic carbocycles. The van der Waals surface area contributed by atoms with E-state index in [1.807, 2.05) is 24.3 Å². The van der Waals surface area contributed by atoms with Crippen LogP contribution in [-0.2, 0) is 6.42 Å². The number of rotatable bonds is 6. The van der Waals surface area contributed by atoms with Crippen molar-refractivity contribution in [2.75, 3.05) is 28.1 Å². The highest BCUT2D eigenvalue weighted by Gasteiger charge is 2.19. The van der Waals surface area contributed by atoms with Crippen LogP contribution in [0.25, 0.3) is 6.08 Å². The summed E-state index contributed by atoms with van der Waals surface area (Å²) in [7, 11) is 4.64. The normalized spacial score (nSPS) is 12.4. The molecule has 1 heterocycles. The molecule has 0 spiro atoms. The number of benzene rings is 2. The van der Waals surface area contributed by atoms with Crippen molar-refractivity contribution in [3.63, 3.8) is 0 Å². The van der Waals surface area contributed by atoms with Crippen LogP contribution in [-0.4, -0.2) is 33.2 Å². The van der Waals surface area contributed by atoms with Crippen LogP contribution in [0.2, 0.25) is 0 Å². The standard InChI is InChI=1S/C19H20O6/c1-21-15-9-12(10-16-19(15)25-11-24-16)5-4-6-13-7-8-14(20)18(23-3)17(13)22-2/h4-5,7-10,20H,6,11H2,1-3H3/b5-4+. The van der Waals surface area contributed by atoms with Crippen LogP contribution in [0.4, 0.5) is 0 Å². The summed E-state index contributed by atoms with van der Waals surface area (Å²) in [5, 5.41) is 9.83. The highest BCUT2D eigenvalue weighted by Crippen LogP contribution is 2.42. The second kappa shape index (κ2) is 7.25. The zero-order valence-corrected chi connectivity index (χ0v) is 14.4. The molecule has 0 radical (unpaired) electrons. The molecule has 0 saturated carbocycles. The molecule has 1 aliphatic rings. The maximum absolute atomic E-state index is 9.83. The number of aromatic hydroxyl groups is 1. The summed E-state index contributed by atoms with van der Waals surface area (Å²) in [5.41, 5.74) is 1.84. The second-order valence-corrected chi connectivity index (χ2v) is 5.37. The van der Waals surface area contributed by atoms with E-state index in [1.165, 1.54) is 7.11 Å². The Morgan fingerprint density at radius 1 is 1.04 bits per heavy atom. The fraction of sp³-hybridized carbons (Fsp3) is 0.263. The Hall–Kier alpha value is -3.02. The first-order valence-electron chi connectivity index (χ1n) is 7.75. The van der Waals surface area contributed by atoms with E-state index in [9.17, 15) is 5.11 Å². The molecule has 0 amide bonds. The van der Waals surface area contributed by atoms with Crippen LogP contribution in [0.5, 0.6) is 34.5 Å². The lowest BCUT2D eigenvalue weighted by Crippen LogP contribution is -1.95. The SMILES string of the molecule is COc1cc(/C=C/Cc2ccc(O)c(OC)c2OC)cc2c1OCO2. The predicted molar refractivity (Wildman–Crippen MR) is 93.1 cm³/mol. The number of fused-ring (bicyclic) bond motifs is 1. The molecule has 6 nitrogen and oxygen atoms in total. The molecule has 3 rings (SSSR count). The summed E-state index contributed by atoms with van der Waals surface area (Å²) in [6.07, 6.45) is 4.56. The summed E-state index contributed by atoms with van der Waals surface area (Å²) >= 11 is 0. The number of phenolic OH excluding ortho intramolecular Hbond substituents is 1. The molecule has 0 bridgehead atoms. The number of phenols is 1. The summed E-state index contributed by atoms with van der Waals surface area (Å²) in [6.45, 7) is 0.198. The van der Waals surface area contributed by atoms with Gasteiger partial charge >= 0.3 is 0 Å². The van der Waals surface area contributed by atoms with E-state index in [2.05, 4.69) is 0 Å². The highest BCUT2D eigenvalue weighted by atomic mass is 16.7. The molecule has 1 N–H and O–H groups in total. The van der Waals surface area contributed by atoms with Gasteiger partial charge in [-0.25, -0.2) is 0 Å². The van der Waals surface area contributed by atoms with Gasteiger partial charge < -0.3 is 28.8 Å². The van der Waals surface area contributed by atoms with Gasteiger partial charge in [-0.2, -0.15) is 0 Å². The molecule has 0 fully saturated rings. The first-order chi connectivity index (χ1) is 12.2. The van der Waals surface area contributed by atoms with Crippen LogP contribution in [0.3, 0.4) is 0 Å². The quantitative estimate of drug-likeness (QED) is 0.866. The van der Waals surface area contributed by atoms with Crippen molar-refractivity contribution in [3.8, 4) is 34.5 Å². The van der Waals surface area contributed by atoms with E-state index in [1.54, 1.807) is 26.4 Å². The average Bonchev–Trinajstić information content (AvgIpc) is 3.10. The van der Waals surface area contributed by atoms with E-state index in [0.29, 0.717) is 35.2 Å². The van der Waals surface area contributed by atoms with E-state index in [4.69, 9.17) is 23.7 Å². The molecule has 0 saturated heterocycles. The number of hydrogen-bond acceptors (Lipinski definition) is 6. The van der Waals surface area contributed by atoms with E-state index >= 15 is 0 Å². The smallest absolute Gasteiger partial charge is 0.231 e. The van der Waals surface area contributed by atoms with Gasteiger partial charge in [0.1, 0.15) is 0 Å². The van der Waals surface area contributed by atoms with Crippen LogP contribution in [0.1, 0.15) is 11.1 Å². The molecule has 2 aromatic rings. The Morgan fingerprint density at radius 3 is 2.56 bits per heavy atom. The van der Waals surface area contributed by atoms with Gasteiger partial charge in [-0.1, -0.05) is 18.2 Å². The third-order valence-electron chi connectivity index (χ3n) is 3.91. The minimum Gasteiger partial charge on any atom is -0.504 e. The fourth-order valence-electron chi connectivity index (χ4n) is 2.74. The molecule has 1 aliphatic heterocycles. The second-order valence-electron chi connectivity index (χ2n) is 5.37. The molecule has 6 heteroatoms. The lowest BCUT2D eigenvalue weighted by atomic mass is 10.1. The summed E-state index contributed by atoms with van der Waals surface area (Å²) in [4.78, 5) is 0. The Balaban J connectivity index is 1.83. The van der Waals surface area contributed by atoms with Crippen molar-refractivity contribution in [3.05, 3.63) is 41.5 Å². The van der Waals surface area contributed by atoms with Crippen molar-refractivity contribution in [1.82, 2.24) is 0 Å². The van der Waals surface area contributed by atoms with Gasteiger partial charge in [-0.3, -0.25) is 0 Å². The Labute approximate surface area is 146 Å². The molecule has 0 aliphatic carbocycles. The monoisotopic (exact) mass is 344 g/mol. The zero-order chi connectivity index (χ0) is 17.8. The highest BCUT2D eigenvalue weighted by molar-refractivity contribution is 5.63. The van der Waals surface area contributed by atoms with Crippen LogP contribution < -0.4 is 23.7 Å². The summed E-state index contributed by atoms with van der Waals surface area (Å²) in [5.74, 6) is 2.84. The first kappa shape index (κ1) is 16.8. The zero-order valence-electron chi connectivity index (χ0n) is 14.4. The maximum Gasteiger partial charge on any atom is 0.231 e. The van der Waals surface area contributed by atoms with Gasteiger partial charge in [-0.15, -0.1) is 0 Å². The van der Waals surface area contributed by atoms with Crippen molar-refractivity contribution in [2.45, 2.75) is 6.42 Å². The maximum atomic E-state index is 9.83. The van der Waals surface area contributed by atoms with Crippen molar-refractivity contribution >= 4 is 6.08 Å². The lowest BCUT2D eigenvalue weighted by Gasteiger charge is -2.12. The van der Waals surface area contributed by atoms with E-state index in [0.717, 1.165) is 11.1 Å². The van der Waals surface area contributed by atoms with Gasteiger partial charge in [0.15, 0.2) is 23.0 Å². The van der Waals surface area contributed by atoms with Crippen LogP contribution in [0.15, 0.2) is 30.3 Å². The van der Waals surface area contributed by atoms with Crippen molar-refractivity contribution in [1.29, 1.82) is 0 Å². The molecule has 0 unspecified atom stereocenters. The van der Waals surface area contributed by atoms with E-state index in [-0.39, 0.29) is 12.5 Å². The third-order valence-corrected chi connectivity index (χ3v) is 3.91. The van der Waals surface area contributed by atoms with E-state index < -0.39 is 0 Å². The van der Waals surface area contributed by atoms with Crippen LogP contribution in [0, 0.1) is 0 Å². The van der Waals surface area contributed by atoms with Crippen molar-refractivity contribution < 1.29 is 28.8 Å². The summed E-state index contributed by atoms with van der Waals surface area (Å²) < 4.78 is 26.7. The van der Waals surface area contributed by atoms with Crippen molar-refractivity contribution in [2.24, 2.45) is 0 Å². The Morgan fingerprint density at radius 2 is 1.84 bits per heavy atom. The average molecular weight is 344 g/mol.